The van der Waals surface area contributed by atoms with Gasteiger partial charge in [0, 0.05) is 6.54 Å². The standard InChI is InChI=1S/C11H21F3N2O2S/c1-2-7-16(9-11(12,13)14)19(17,18)8-10-3-5-15-6-4-10/h10,15H,2-9H2,1H3. The van der Waals surface area contributed by atoms with E-state index in [2.05, 4.69) is 5.32 Å². The maximum Gasteiger partial charge on any atom is 0.402 e. The minimum Gasteiger partial charge on any atom is -0.317 e. The van der Waals surface area contributed by atoms with Gasteiger partial charge < -0.3 is 5.32 Å². The molecule has 0 atom stereocenters. The van der Waals surface area contributed by atoms with Gasteiger partial charge in [0.05, 0.1) is 5.75 Å². The minimum absolute atomic E-state index is 0.0427. The van der Waals surface area contributed by atoms with Crippen LogP contribution in [0.15, 0.2) is 0 Å². The molecule has 8 heteroatoms. The minimum atomic E-state index is -4.49. The van der Waals surface area contributed by atoms with Gasteiger partial charge in [0.15, 0.2) is 0 Å². The molecule has 0 aromatic heterocycles. The van der Waals surface area contributed by atoms with Gasteiger partial charge in [0.2, 0.25) is 10.0 Å². The zero-order valence-corrected chi connectivity index (χ0v) is 11.9. The SMILES string of the molecule is CCCN(CC(F)(F)F)S(=O)(=O)CC1CCNCC1. The summed E-state index contributed by atoms with van der Waals surface area (Å²) >= 11 is 0. The van der Waals surface area contributed by atoms with Crippen molar-refractivity contribution in [3.05, 3.63) is 0 Å². The number of halogens is 3. The van der Waals surface area contributed by atoms with Gasteiger partial charge >= 0.3 is 6.18 Å². The summed E-state index contributed by atoms with van der Waals surface area (Å²) in [6.45, 7) is 1.67. The molecule has 0 aromatic carbocycles. The van der Waals surface area contributed by atoms with Crippen LogP contribution in [0, 0.1) is 5.92 Å². The highest BCUT2D eigenvalue weighted by molar-refractivity contribution is 7.89. The maximum atomic E-state index is 12.4. The van der Waals surface area contributed by atoms with E-state index in [9.17, 15) is 21.6 Å². The molecule has 0 radical (unpaired) electrons. The molecule has 1 aliphatic heterocycles. The van der Waals surface area contributed by atoms with E-state index in [4.69, 9.17) is 0 Å². The van der Waals surface area contributed by atoms with E-state index in [-0.39, 0.29) is 18.2 Å². The normalized spacial score (nSPS) is 19.0. The largest absolute Gasteiger partial charge is 0.402 e. The molecule has 19 heavy (non-hydrogen) atoms. The zero-order valence-electron chi connectivity index (χ0n) is 11.0. The Kier molecular flexibility index (Phi) is 6.07. The molecule has 0 saturated carbocycles. The summed E-state index contributed by atoms with van der Waals surface area (Å²) in [7, 11) is -3.83. The van der Waals surface area contributed by atoms with Crippen LogP contribution in [-0.4, -0.2) is 50.8 Å². The lowest BCUT2D eigenvalue weighted by Crippen LogP contribution is -2.43. The Morgan fingerprint density at radius 1 is 1.26 bits per heavy atom. The first-order chi connectivity index (χ1) is 8.74. The van der Waals surface area contributed by atoms with E-state index >= 15 is 0 Å². The van der Waals surface area contributed by atoms with Crippen LogP contribution >= 0.6 is 0 Å². The van der Waals surface area contributed by atoms with E-state index in [1.165, 1.54) is 0 Å². The molecule has 0 bridgehead atoms. The molecule has 1 aliphatic rings. The van der Waals surface area contributed by atoms with Crippen molar-refractivity contribution >= 4 is 10.0 Å². The first-order valence-electron chi connectivity index (χ1n) is 6.50. The van der Waals surface area contributed by atoms with Gasteiger partial charge in [0.1, 0.15) is 6.54 Å². The second-order valence-corrected chi connectivity index (χ2v) is 6.93. The molecule has 1 heterocycles. The molecule has 1 N–H and O–H groups in total. The highest BCUT2D eigenvalue weighted by Crippen LogP contribution is 2.22. The van der Waals surface area contributed by atoms with Gasteiger partial charge in [-0.2, -0.15) is 17.5 Å². The van der Waals surface area contributed by atoms with Gasteiger partial charge in [-0.05, 0) is 38.3 Å². The van der Waals surface area contributed by atoms with Crippen LogP contribution in [0.25, 0.3) is 0 Å². The van der Waals surface area contributed by atoms with Crippen LogP contribution in [0.3, 0.4) is 0 Å². The van der Waals surface area contributed by atoms with Crippen LogP contribution in [0.5, 0.6) is 0 Å². The highest BCUT2D eigenvalue weighted by atomic mass is 32.2. The van der Waals surface area contributed by atoms with E-state index in [0.717, 1.165) is 13.1 Å². The topological polar surface area (TPSA) is 49.4 Å². The molecular weight excluding hydrogens is 281 g/mol. The van der Waals surface area contributed by atoms with Crippen LogP contribution in [0.1, 0.15) is 26.2 Å². The molecule has 1 saturated heterocycles. The van der Waals surface area contributed by atoms with Gasteiger partial charge in [-0.15, -0.1) is 0 Å². The van der Waals surface area contributed by atoms with Gasteiger partial charge in [0.25, 0.3) is 0 Å². The first kappa shape index (κ1) is 16.7. The number of alkyl halides is 3. The molecule has 0 unspecified atom stereocenters. The molecule has 0 amide bonds. The van der Waals surface area contributed by atoms with E-state index in [1.807, 2.05) is 0 Å². The summed E-state index contributed by atoms with van der Waals surface area (Å²) in [5.41, 5.74) is 0. The fourth-order valence-electron chi connectivity index (χ4n) is 2.22. The number of nitrogens with one attached hydrogen (secondary N) is 1. The Labute approximate surface area is 112 Å². The first-order valence-corrected chi connectivity index (χ1v) is 8.11. The third-order valence-corrected chi connectivity index (χ3v) is 5.12. The Hall–Kier alpha value is -0.340. The molecular formula is C11H21F3N2O2S. The zero-order chi connectivity index (χ0) is 14.5. The Bertz CT molecular complexity index is 365. The van der Waals surface area contributed by atoms with Gasteiger partial charge in [-0.1, -0.05) is 6.92 Å². The third kappa shape index (κ3) is 6.09. The fraction of sp³-hybridized carbons (Fsp3) is 1.00. The van der Waals surface area contributed by atoms with Crippen LogP contribution in [-0.2, 0) is 10.0 Å². The summed E-state index contributed by atoms with van der Waals surface area (Å²) in [5, 5.41) is 3.10. The summed E-state index contributed by atoms with van der Waals surface area (Å²) in [6.07, 6.45) is -2.71. The lowest BCUT2D eigenvalue weighted by Gasteiger charge is -2.27. The lowest BCUT2D eigenvalue weighted by atomic mass is 10.0. The van der Waals surface area contributed by atoms with Crippen molar-refractivity contribution in [2.45, 2.75) is 32.4 Å². The van der Waals surface area contributed by atoms with Crippen molar-refractivity contribution in [2.75, 3.05) is 31.9 Å². The summed E-state index contributed by atoms with van der Waals surface area (Å²) in [6, 6.07) is 0. The highest BCUT2D eigenvalue weighted by Gasteiger charge is 2.36. The van der Waals surface area contributed by atoms with Gasteiger partial charge in [-0.3, -0.25) is 0 Å². The molecule has 1 fully saturated rings. The second kappa shape index (κ2) is 6.90. The van der Waals surface area contributed by atoms with Crippen molar-refractivity contribution in [3.63, 3.8) is 0 Å². The van der Waals surface area contributed by atoms with Crippen molar-refractivity contribution in [1.82, 2.24) is 9.62 Å². The van der Waals surface area contributed by atoms with Crippen molar-refractivity contribution in [2.24, 2.45) is 5.92 Å². The molecule has 1 rings (SSSR count). The maximum absolute atomic E-state index is 12.4. The third-order valence-electron chi connectivity index (χ3n) is 3.13. The van der Waals surface area contributed by atoms with E-state index in [0.29, 0.717) is 23.6 Å². The van der Waals surface area contributed by atoms with E-state index < -0.39 is 22.7 Å². The fourth-order valence-corrected chi connectivity index (χ4v) is 4.16. The number of hydrogen-bond acceptors (Lipinski definition) is 3. The molecule has 0 spiro atoms. The summed E-state index contributed by atoms with van der Waals surface area (Å²) in [5.74, 6) is -0.219. The Morgan fingerprint density at radius 2 is 1.84 bits per heavy atom. The number of sulfonamides is 1. The molecule has 0 aromatic rings. The van der Waals surface area contributed by atoms with Crippen molar-refractivity contribution in [3.8, 4) is 0 Å². The van der Waals surface area contributed by atoms with E-state index in [1.54, 1.807) is 6.92 Å². The van der Waals surface area contributed by atoms with Crippen LogP contribution < -0.4 is 5.32 Å². The lowest BCUT2D eigenvalue weighted by molar-refractivity contribution is -0.136. The Balaban J connectivity index is 2.68. The summed E-state index contributed by atoms with van der Waals surface area (Å²) in [4.78, 5) is 0. The van der Waals surface area contributed by atoms with Crippen molar-refractivity contribution < 1.29 is 21.6 Å². The number of piperidine rings is 1. The predicted molar refractivity (Wildman–Crippen MR) is 67.3 cm³/mol. The molecule has 114 valence electrons. The average molecular weight is 302 g/mol. The Morgan fingerprint density at radius 3 is 2.32 bits per heavy atom. The number of nitrogens with zero attached hydrogens (tertiary/aromatic N) is 1. The van der Waals surface area contributed by atoms with Crippen LogP contribution in [0.2, 0.25) is 0 Å². The number of rotatable bonds is 6. The second-order valence-electron chi connectivity index (χ2n) is 4.92. The predicted octanol–water partition coefficient (Wildman–Crippen LogP) is 1.59. The smallest absolute Gasteiger partial charge is 0.317 e. The monoisotopic (exact) mass is 302 g/mol. The average Bonchev–Trinajstić information content (AvgIpc) is 2.27. The quantitative estimate of drug-likeness (QED) is 0.810. The number of hydrogen-bond donors (Lipinski definition) is 1. The van der Waals surface area contributed by atoms with Crippen LogP contribution in [0.4, 0.5) is 13.2 Å². The van der Waals surface area contributed by atoms with Gasteiger partial charge in [-0.25, -0.2) is 8.42 Å². The summed E-state index contributed by atoms with van der Waals surface area (Å²) < 4.78 is 62.0. The molecule has 0 aliphatic carbocycles. The molecule has 4 nitrogen and oxygen atoms in total. The van der Waals surface area contributed by atoms with Crippen molar-refractivity contribution in [1.29, 1.82) is 0 Å².